The fourth-order valence-corrected chi connectivity index (χ4v) is 4.50. The fraction of sp³-hybridized carbons (Fsp3) is 0.450. The minimum atomic E-state index is -0.119. The van der Waals surface area contributed by atoms with Gasteiger partial charge in [0.1, 0.15) is 0 Å². The third kappa shape index (κ3) is 2.80. The third-order valence-corrected chi connectivity index (χ3v) is 6.78. The molecule has 26 heavy (non-hydrogen) atoms. The molecule has 4 rings (SSSR count). The van der Waals surface area contributed by atoms with Crippen molar-refractivity contribution < 1.29 is 9.59 Å². The van der Waals surface area contributed by atoms with Gasteiger partial charge in [0.25, 0.3) is 0 Å². The van der Waals surface area contributed by atoms with E-state index in [1.54, 1.807) is 0 Å². The molecule has 2 aromatic rings. The highest BCUT2D eigenvalue weighted by atomic mass is 79.9. The van der Waals surface area contributed by atoms with Crippen LogP contribution in [0, 0.1) is 25.7 Å². The molecule has 0 bridgehead atoms. The third-order valence-electron chi connectivity index (χ3n) is 5.64. The molecule has 5 nitrogen and oxygen atoms in total. The predicted octanol–water partition coefficient (Wildman–Crippen LogP) is 3.99. The standard InChI is InChI=1S/C20H22BrN3O2/c1-12-18(21)13(2)23(22-12)11-14-6-5-7-15(10-14)24-19(25)16-8-3-4-9-17(16)20(24)26/h5-7,10,16-17H,3-4,8-9,11H2,1-2H3/t16-,17-/m1/s1. The molecular formula is C20H22BrN3O2. The van der Waals surface area contributed by atoms with Crippen molar-refractivity contribution in [3.8, 4) is 0 Å². The van der Waals surface area contributed by atoms with E-state index in [1.807, 2.05) is 42.8 Å². The molecule has 1 aromatic heterocycles. The Morgan fingerprint density at radius 1 is 1.12 bits per heavy atom. The summed E-state index contributed by atoms with van der Waals surface area (Å²) in [5.41, 5.74) is 3.73. The summed E-state index contributed by atoms with van der Waals surface area (Å²) in [5, 5.41) is 4.54. The van der Waals surface area contributed by atoms with Crippen molar-refractivity contribution in [2.24, 2.45) is 11.8 Å². The molecule has 136 valence electrons. The largest absolute Gasteiger partial charge is 0.274 e. The summed E-state index contributed by atoms with van der Waals surface area (Å²) in [5.74, 6) is -0.282. The molecule has 2 aliphatic rings. The number of fused-ring (bicyclic) bond motifs is 1. The predicted molar refractivity (Wildman–Crippen MR) is 103 cm³/mol. The normalized spacial score (nSPS) is 22.8. The van der Waals surface area contributed by atoms with E-state index in [9.17, 15) is 9.59 Å². The van der Waals surface area contributed by atoms with Gasteiger partial charge >= 0.3 is 0 Å². The number of benzene rings is 1. The smallest absolute Gasteiger partial charge is 0.237 e. The first-order valence-electron chi connectivity index (χ1n) is 9.13. The lowest BCUT2D eigenvalue weighted by Crippen LogP contribution is -2.30. The molecule has 1 saturated carbocycles. The molecule has 2 amide bonds. The quantitative estimate of drug-likeness (QED) is 0.711. The van der Waals surface area contributed by atoms with Gasteiger partial charge in [-0.3, -0.25) is 19.2 Å². The Balaban J connectivity index is 1.62. The molecule has 0 spiro atoms. The first-order chi connectivity index (χ1) is 12.5. The zero-order valence-corrected chi connectivity index (χ0v) is 16.6. The van der Waals surface area contributed by atoms with E-state index in [-0.39, 0.29) is 23.7 Å². The number of anilines is 1. The Morgan fingerprint density at radius 2 is 1.77 bits per heavy atom. The molecule has 2 heterocycles. The molecular weight excluding hydrogens is 394 g/mol. The highest BCUT2D eigenvalue weighted by Crippen LogP contribution is 2.40. The zero-order chi connectivity index (χ0) is 18.4. The molecule has 6 heteroatoms. The number of imide groups is 1. The molecule has 0 N–H and O–H groups in total. The minimum absolute atomic E-state index is 0.0225. The van der Waals surface area contributed by atoms with Crippen molar-refractivity contribution in [3.05, 3.63) is 45.7 Å². The number of hydrogen-bond acceptors (Lipinski definition) is 3. The maximum absolute atomic E-state index is 12.8. The monoisotopic (exact) mass is 415 g/mol. The van der Waals surface area contributed by atoms with Gasteiger partial charge in [-0.15, -0.1) is 0 Å². The SMILES string of the molecule is Cc1nn(Cc2cccc(N3C(=O)[C@@H]4CCCC[C@H]4C3=O)c2)c(C)c1Br. The van der Waals surface area contributed by atoms with Crippen LogP contribution in [0.3, 0.4) is 0 Å². The Kier molecular flexibility index (Phi) is 4.47. The van der Waals surface area contributed by atoms with Crippen LogP contribution >= 0.6 is 15.9 Å². The van der Waals surface area contributed by atoms with Crippen molar-refractivity contribution in [1.82, 2.24) is 9.78 Å². The molecule has 2 atom stereocenters. The van der Waals surface area contributed by atoms with Crippen molar-refractivity contribution in [2.45, 2.75) is 46.1 Å². The van der Waals surface area contributed by atoms with Crippen LogP contribution in [0.2, 0.25) is 0 Å². The van der Waals surface area contributed by atoms with Gasteiger partial charge < -0.3 is 0 Å². The highest BCUT2D eigenvalue weighted by molar-refractivity contribution is 9.10. The van der Waals surface area contributed by atoms with Crippen LogP contribution in [-0.4, -0.2) is 21.6 Å². The number of carbonyl (C=O) groups excluding carboxylic acids is 2. The second-order valence-electron chi connectivity index (χ2n) is 7.32. The number of amides is 2. The summed E-state index contributed by atoms with van der Waals surface area (Å²) in [7, 11) is 0. The molecule has 1 aliphatic carbocycles. The van der Waals surface area contributed by atoms with Gasteiger partial charge in [-0.1, -0.05) is 25.0 Å². The first-order valence-corrected chi connectivity index (χ1v) is 9.93. The van der Waals surface area contributed by atoms with Crippen LogP contribution in [0.4, 0.5) is 5.69 Å². The Hall–Kier alpha value is -1.95. The van der Waals surface area contributed by atoms with E-state index in [0.717, 1.165) is 47.1 Å². The van der Waals surface area contributed by atoms with Crippen molar-refractivity contribution >= 4 is 33.4 Å². The highest BCUT2D eigenvalue weighted by Gasteiger charge is 2.48. The first kappa shape index (κ1) is 17.5. The van der Waals surface area contributed by atoms with E-state index in [4.69, 9.17) is 0 Å². The number of aryl methyl sites for hydroxylation is 1. The van der Waals surface area contributed by atoms with Gasteiger partial charge in [-0.25, -0.2) is 0 Å². The topological polar surface area (TPSA) is 55.2 Å². The van der Waals surface area contributed by atoms with Gasteiger partial charge in [0.05, 0.1) is 39.9 Å². The molecule has 2 fully saturated rings. The number of halogens is 1. The Bertz CT molecular complexity index is 865. The summed E-state index contributed by atoms with van der Waals surface area (Å²) in [6.07, 6.45) is 3.76. The van der Waals surface area contributed by atoms with Crippen LogP contribution in [0.5, 0.6) is 0 Å². The number of aromatic nitrogens is 2. The summed E-state index contributed by atoms with van der Waals surface area (Å²) in [6, 6.07) is 7.71. The van der Waals surface area contributed by atoms with Crippen LogP contribution < -0.4 is 4.90 Å². The Morgan fingerprint density at radius 3 is 2.35 bits per heavy atom. The second kappa shape index (κ2) is 6.65. The van der Waals surface area contributed by atoms with E-state index in [0.29, 0.717) is 12.2 Å². The van der Waals surface area contributed by atoms with Gasteiger partial charge in [0, 0.05) is 0 Å². The summed E-state index contributed by atoms with van der Waals surface area (Å²) >= 11 is 3.55. The number of hydrogen-bond donors (Lipinski definition) is 0. The van der Waals surface area contributed by atoms with Crippen LogP contribution in [0.1, 0.15) is 42.6 Å². The summed E-state index contributed by atoms with van der Waals surface area (Å²) in [6.45, 7) is 4.59. The molecule has 1 aromatic carbocycles. The molecule has 1 aliphatic heterocycles. The van der Waals surface area contributed by atoms with Crippen molar-refractivity contribution in [3.63, 3.8) is 0 Å². The lowest BCUT2D eigenvalue weighted by molar-refractivity contribution is -0.122. The van der Waals surface area contributed by atoms with Crippen LogP contribution in [0.15, 0.2) is 28.7 Å². The second-order valence-corrected chi connectivity index (χ2v) is 8.11. The maximum atomic E-state index is 12.8. The summed E-state index contributed by atoms with van der Waals surface area (Å²) < 4.78 is 2.95. The average molecular weight is 416 g/mol. The molecule has 1 saturated heterocycles. The number of nitrogens with zero attached hydrogens (tertiary/aromatic N) is 3. The van der Waals surface area contributed by atoms with E-state index in [1.165, 1.54) is 4.90 Å². The average Bonchev–Trinajstić information content (AvgIpc) is 3.04. The molecule has 0 unspecified atom stereocenters. The number of rotatable bonds is 3. The van der Waals surface area contributed by atoms with E-state index >= 15 is 0 Å². The van der Waals surface area contributed by atoms with Crippen LogP contribution in [-0.2, 0) is 16.1 Å². The van der Waals surface area contributed by atoms with Crippen molar-refractivity contribution in [1.29, 1.82) is 0 Å². The van der Waals surface area contributed by atoms with Gasteiger partial charge in [0.15, 0.2) is 0 Å². The number of carbonyl (C=O) groups is 2. The lowest BCUT2D eigenvalue weighted by Gasteiger charge is -2.19. The fourth-order valence-electron chi connectivity index (χ4n) is 4.21. The maximum Gasteiger partial charge on any atom is 0.237 e. The van der Waals surface area contributed by atoms with Gasteiger partial charge in [0.2, 0.25) is 11.8 Å². The van der Waals surface area contributed by atoms with Crippen LogP contribution in [0.25, 0.3) is 0 Å². The van der Waals surface area contributed by atoms with Gasteiger partial charge in [-0.2, -0.15) is 5.10 Å². The van der Waals surface area contributed by atoms with E-state index < -0.39 is 0 Å². The Labute approximate surface area is 161 Å². The molecule has 0 radical (unpaired) electrons. The zero-order valence-electron chi connectivity index (χ0n) is 15.0. The summed E-state index contributed by atoms with van der Waals surface area (Å²) in [4.78, 5) is 27.0. The van der Waals surface area contributed by atoms with Crippen molar-refractivity contribution in [2.75, 3.05) is 4.90 Å². The van der Waals surface area contributed by atoms with E-state index in [2.05, 4.69) is 21.0 Å². The minimum Gasteiger partial charge on any atom is -0.274 e. The lowest BCUT2D eigenvalue weighted by atomic mass is 9.81. The van der Waals surface area contributed by atoms with Gasteiger partial charge in [-0.05, 0) is 60.3 Å².